The first-order valence-corrected chi connectivity index (χ1v) is 10.1. The van der Waals surface area contributed by atoms with E-state index in [1.165, 1.54) is 6.42 Å². The van der Waals surface area contributed by atoms with Gasteiger partial charge >= 0.3 is 6.18 Å². The van der Waals surface area contributed by atoms with Gasteiger partial charge in [0.25, 0.3) is 0 Å². The second-order valence-corrected chi connectivity index (χ2v) is 7.34. The van der Waals surface area contributed by atoms with Crippen molar-refractivity contribution in [2.45, 2.75) is 51.7 Å². The van der Waals surface area contributed by atoms with Crippen LogP contribution in [-0.2, 0) is 12.6 Å². The number of nitrogens with one attached hydrogen (secondary N) is 2. The normalized spacial score (nSPS) is 17.5. The van der Waals surface area contributed by atoms with Gasteiger partial charge in [0.05, 0.1) is 5.01 Å². The summed E-state index contributed by atoms with van der Waals surface area (Å²) < 4.78 is 37.7. The fourth-order valence-corrected chi connectivity index (χ4v) is 3.74. The van der Waals surface area contributed by atoms with Crippen LogP contribution in [-0.4, -0.2) is 54.6 Å². The topological polar surface area (TPSA) is 52.5 Å². The molecule has 5 nitrogen and oxygen atoms in total. The van der Waals surface area contributed by atoms with Crippen molar-refractivity contribution in [1.29, 1.82) is 0 Å². The van der Waals surface area contributed by atoms with Crippen molar-refractivity contribution in [3.63, 3.8) is 0 Å². The Morgan fingerprint density at radius 3 is 2.65 bits per heavy atom. The van der Waals surface area contributed by atoms with E-state index >= 15 is 0 Å². The maximum absolute atomic E-state index is 12.6. The van der Waals surface area contributed by atoms with E-state index in [0.29, 0.717) is 24.0 Å². The van der Waals surface area contributed by atoms with Crippen molar-refractivity contribution < 1.29 is 13.2 Å². The monoisotopic (exact) mass is 391 g/mol. The number of aromatic nitrogens is 1. The molecule has 2 rings (SSSR count). The molecule has 0 aromatic carbocycles. The lowest BCUT2D eigenvalue weighted by Crippen LogP contribution is -2.48. The summed E-state index contributed by atoms with van der Waals surface area (Å²) in [5, 5.41) is 8.19. The lowest BCUT2D eigenvalue weighted by Gasteiger charge is -2.32. The molecule has 0 amide bonds. The molecule has 0 bridgehead atoms. The van der Waals surface area contributed by atoms with Crippen LogP contribution in [0.2, 0.25) is 0 Å². The summed E-state index contributed by atoms with van der Waals surface area (Å²) in [5.41, 5.74) is -0.814. The van der Waals surface area contributed by atoms with Crippen molar-refractivity contribution in [2.24, 2.45) is 4.99 Å². The number of halogens is 3. The predicted octanol–water partition coefficient (Wildman–Crippen LogP) is 3.13. The average Bonchev–Trinajstić information content (AvgIpc) is 3.06. The summed E-state index contributed by atoms with van der Waals surface area (Å²) in [5.74, 6) is 0.731. The molecule has 2 heterocycles. The Kier molecular flexibility index (Phi) is 8.15. The number of hydrogen-bond donors (Lipinski definition) is 2. The Labute approximate surface area is 157 Å². The zero-order chi connectivity index (χ0) is 19.0. The number of hydrogen-bond acceptors (Lipinski definition) is 4. The summed E-state index contributed by atoms with van der Waals surface area (Å²) in [6.45, 7) is 8.67. The molecular formula is C17H28F3N5S. The summed E-state index contributed by atoms with van der Waals surface area (Å²) >= 11 is 1.04. The van der Waals surface area contributed by atoms with Crippen LogP contribution in [0.1, 0.15) is 43.8 Å². The average molecular weight is 392 g/mol. The summed E-state index contributed by atoms with van der Waals surface area (Å²) in [4.78, 5) is 10.6. The molecule has 1 aromatic heterocycles. The second-order valence-electron chi connectivity index (χ2n) is 6.40. The van der Waals surface area contributed by atoms with Crippen LogP contribution in [0.15, 0.2) is 10.4 Å². The maximum Gasteiger partial charge on any atom is 0.434 e. The third-order valence-corrected chi connectivity index (χ3v) is 5.16. The van der Waals surface area contributed by atoms with Gasteiger partial charge in [0.1, 0.15) is 0 Å². The van der Waals surface area contributed by atoms with E-state index in [0.717, 1.165) is 61.7 Å². The van der Waals surface area contributed by atoms with Crippen LogP contribution in [0.5, 0.6) is 0 Å². The number of nitrogens with zero attached hydrogens (tertiary/aromatic N) is 3. The van der Waals surface area contributed by atoms with Crippen LogP contribution < -0.4 is 10.6 Å². The molecule has 1 aromatic rings. The molecule has 0 radical (unpaired) electrons. The standard InChI is InChI=1S/C17H28F3N5S/c1-3-9-25-10-6-13(7-11-25)23-16(21-4-2)22-8-5-15-24-14(12-26-15)17(18,19)20/h12-13H,3-11H2,1-2H3,(H2,21,22,23). The van der Waals surface area contributed by atoms with E-state index in [2.05, 4.69) is 32.4 Å². The molecular weight excluding hydrogens is 363 g/mol. The van der Waals surface area contributed by atoms with E-state index in [1.54, 1.807) is 0 Å². The van der Waals surface area contributed by atoms with Gasteiger partial charge in [-0.2, -0.15) is 13.2 Å². The highest BCUT2D eigenvalue weighted by Gasteiger charge is 2.33. The second kappa shape index (κ2) is 10.1. The van der Waals surface area contributed by atoms with E-state index in [4.69, 9.17) is 0 Å². The van der Waals surface area contributed by atoms with Crippen molar-refractivity contribution >= 4 is 17.3 Å². The van der Waals surface area contributed by atoms with E-state index < -0.39 is 11.9 Å². The van der Waals surface area contributed by atoms with Gasteiger partial charge in [0.15, 0.2) is 11.7 Å². The minimum atomic E-state index is -4.37. The van der Waals surface area contributed by atoms with Crippen molar-refractivity contribution in [3.05, 3.63) is 16.1 Å². The molecule has 1 fully saturated rings. The molecule has 1 aliphatic rings. The van der Waals surface area contributed by atoms with Gasteiger partial charge in [-0.15, -0.1) is 11.3 Å². The Morgan fingerprint density at radius 1 is 1.35 bits per heavy atom. The minimum Gasteiger partial charge on any atom is -0.357 e. The zero-order valence-electron chi connectivity index (χ0n) is 15.4. The SMILES string of the molecule is CCCN1CCC(NC(=NCCc2nc(C(F)(F)F)cs2)NCC)CC1. The zero-order valence-corrected chi connectivity index (χ0v) is 16.2. The van der Waals surface area contributed by atoms with E-state index in [1.807, 2.05) is 6.92 Å². The first-order chi connectivity index (χ1) is 12.4. The number of alkyl halides is 3. The number of rotatable bonds is 7. The molecule has 9 heteroatoms. The number of likely N-dealkylation sites (tertiary alicyclic amines) is 1. The fourth-order valence-electron chi connectivity index (χ4n) is 2.95. The number of piperidine rings is 1. The molecule has 0 unspecified atom stereocenters. The number of guanidine groups is 1. The summed E-state index contributed by atoms with van der Waals surface area (Å²) in [6.07, 6.45) is -0.639. The predicted molar refractivity (Wildman–Crippen MR) is 99.7 cm³/mol. The lowest BCUT2D eigenvalue weighted by atomic mass is 10.1. The van der Waals surface area contributed by atoms with Crippen LogP contribution in [0.3, 0.4) is 0 Å². The molecule has 148 valence electrons. The Bertz CT molecular complexity index is 565. The molecule has 0 atom stereocenters. The van der Waals surface area contributed by atoms with Crippen molar-refractivity contribution in [2.75, 3.05) is 32.7 Å². The van der Waals surface area contributed by atoms with Crippen LogP contribution in [0, 0.1) is 0 Å². The molecule has 26 heavy (non-hydrogen) atoms. The van der Waals surface area contributed by atoms with Crippen molar-refractivity contribution in [1.82, 2.24) is 20.5 Å². The van der Waals surface area contributed by atoms with Gasteiger partial charge in [-0.05, 0) is 32.7 Å². The molecule has 2 N–H and O–H groups in total. The fraction of sp³-hybridized carbons (Fsp3) is 0.765. The van der Waals surface area contributed by atoms with Gasteiger partial charge in [0, 0.05) is 44.0 Å². The summed E-state index contributed by atoms with van der Waals surface area (Å²) in [7, 11) is 0. The maximum atomic E-state index is 12.6. The van der Waals surface area contributed by atoms with E-state index in [9.17, 15) is 13.2 Å². The highest BCUT2D eigenvalue weighted by molar-refractivity contribution is 7.09. The van der Waals surface area contributed by atoms with E-state index in [-0.39, 0.29) is 0 Å². The number of aliphatic imine (C=N–C) groups is 1. The highest BCUT2D eigenvalue weighted by Crippen LogP contribution is 2.30. The summed E-state index contributed by atoms with van der Waals surface area (Å²) in [6, 6.07) is 0.387. The van der Waals surface area contributed by atoms with Gasteiger partial charge in [0.2, 0.25) is 0 Å². The van der Waals surface area contributed by atoms with Crippen LogP contribution >= 0.6 is 11.3 Å². The first kappa shape index (κ1) is 21.0. The van der Waals surface area contributed by atoms with Crippen LogP contribution in [0.25, 0.3) is 0 Å². The smallest absolute Gasteiger partial charge is 0.357 e. The Balaban J connectivity index is 1.82. The quantitative estimate of drug-likeness (QED) is 0.554. The van der Waals surface area contributed by atoms with Gasteiger partial charge in [-0.1, -0.05) is 6.92 Å². The van der Waals surface area contributed by atoms with Gasteiger partial charge < -0.3 is 15.5 Å². The molecule has 1 aliphatic heterocycles. The molecule has 0 saturated carbocycles. The lowest BCUT2D eigenvalue weighted by molar-refractivity contribution is -0.140. The minimum absolute atomic E-state index is 0.387. The molecule has 1 saturated heterocycles. The Hall–Kier alpha value is -1.35. The Morgan fingerprint density at radius 2 is 2.08 bits per heavy atom. The molecule has 0 aliphatic carbocycles. The van der Waals surface area contributed by atoms with Crippen molar-refractivity contribution in [3.8, 4) is 0 Å². The van der Waals surface area contributed by atoms with Crippen LogP contribution in [0.4, 0.5) is 13.2 Å². The largest absolute Gasteiger partial charge is 0.434 e. The van der Waals surface area contributed by atoms with Gasteiger partial charge in [-0.25, -0.2) is 4.98 Å². The molecule has 0 spiro atoms. The third kappa shape index (κ3) is 6.75. The number of thiazole rings is 1. The first-order valence-electron chi connectivity index (χ1n) is 9.21. The third-order valence-electron chi connectivity index (χ3n) is 4.25. The highest BCUT2D eigenvalue weighted by atomic mass is 32.1. The van der Waals surface area contributed by atoms with Gasteiger partial charge in [-0.3, -0.25) is 4.99 Å².